The number of nitrogens with one attached hydrogen (secondary N) is 1. The molecule has 27 heavy (non-hydrogen) atoms. The smallest absolute Gasteiger partial charge is 0.244 e. The minimum absolute atomic E-state index is 0.0875. The molecule has 7 nitrogen and oxygen atoms in total. The van der Waals surface area contributed by atoms with Gasteiger partial charge in [0.05, 0.1) is 15.7 Å². The quantitative estimate of drug-likeness (QED) is 0.746. The van der Waals surface area contributed by atoms with E-state index >= 15 is 0 Å². The number of carbonyl (C=O) groups excluding carboxylic acids is 3. The Kier molecular flexibility index (Phi) is 6.16. The summed E-state index contributed by atoms with van der Waals surface area (Å²) in [6.45, 7) is 5.08. The fourth-order valence-electron chi connectivity index (χ4n) is 2.18. The highest BCUT2D eigenvalue weighted by Gasteiger charge is 2.30. The standard InChI is InChI=1S/C18H22N2O5S2/c1-18(2,3)14(21)9-17-20(16(23)11-26-17)10-15(22)19-12-6-5-7-13(8-12)27(4,24)25/h5-9H,10-11H2,1-4H3,(H,19,22)/b17-9-. The van der Waals surface area contributed by atoms with E-state index in [9.17, 15) is 22.8 Å². The molecule has 0 radical (unpaired) electrons. The van der Waals surface area contributed by atoms with Crippen LogP contribution in [0, 0.1) is 5.41 Å². The van der Waals surface area contributed by atoms with Crippen LogP contribution in [0.15, 0.2) is 40.3 Å². The molecule has 0 aliphatic carbocycles. The molecule has 0 spiro atoms. The molecule has 0 unspecified atom stereocenters. The van der Waals surface area contributed by atoms with Crippen LogP contribution < -0.4 is 5.32 Å². The topological polar surface area (TPSA) is 101 Å². The number of sulfone groups is 1. The molecule has 1 N–H and O–H groups in total. The summed E-state index contributed by atoms with van der Waals surface area (Å²) in [5.41, 5.74) is -0.266. The summed E-state index contributed by atoms with van der Waals surface area (Å²) in [6, 6.07) is 5.88. The Morgan fingerprint density at radius 3 is 2.56 bits per heavy atom. The van der Waals surface area contributed by atoms with Gasteiger partial charge in [-0.3, -0.25) is 19.3 Å². The number of nitrogens with zero attached hydrogens (tertiary/aromatic N) is 1. The first kappa shape index (κ1) is 21.2. The number of hydrogen-bond donors (Lipinski definition) is 1. The van der Waals surface area contributed by atoms with Gasteiger partial charge in [-0.2, -0.15) is 0 Å². The minimum atomic E-state index is -3.39. The van der Waals surface area contributed by atoms with E-state index in [0.29, 0.717) is 10.7 Å². The van der Waals surface area contributed by atoms with Crippen LogP contribution in [0.3, 0.4) is 0 Å². The summed E-state index contributed by atoms with van der Waals surface area (Å²) in [4.78, 5) is 38.0. The lowest BCUT2D eigenvalue weighted by Crippen LogP contribution is -2.34. The van der Waals surface area contributed by atoms with Crippen molar-refractivity contribution in [2.75, 3.05) is 23.9 Å². The first-order chi connectivity index (χ1) is 12.4. The fraction of sp³-hybridized carbons (Fsp3) is 0.389. The lowest BCUT2D eigenvalue weighted by Gasteiger charge is -2.19. The number of thioether (sulfide) groups is 1. The van der Waals surface area contributed by atoms with Crippen molar-refractivity contribution in [3.63, 3.8) is 0 Å². The second-order valence-electron chi connectivity index (χ2n) is 7.21. The first-order valence-electron chi connectivity index (χ1n) is 8.17. The Bertz CT molecular complexity index is 914. The zero-order valence-electron chi connectivity index (χ0n) is 15.6. The molecule has 1 fully saturated rings. The number of amides is 2. The molecule has 9 heteroatoms. The molecule has 1 heterocycles. The van der Waals surface area contributed by atoms with Crippen molar-refractivity contribution in [1.29, 1.82) is 0 Å². The van der Waals surface area contributed by atoms with Gasteiger partial charge >= 0.3 is 0 Å². The summed E-state index contributed by atoms with van der Waals surface area (Å²) in [5.74, 6) is -0.704. The van der Waals surface area contributed by atoms with Gasteiger partial charge in [-0.1, -0.05) is 38.6 Å². The van der Waals surface area contributed by atoms with E-state index in [-0.39, 0.29) is 28.9 Å². The highest BCUT2D eigenvalue weighted by Crippen LogP contribution is 2.30. The normalized spacial score (nSPS) is 16.7. The third kappa shape index (κ3) is 5.67. The Morgan fingerprint density at radius 2 is 1.96 bits per heavy atom. The number of benzene rings is 1. The Hall–Kier alpha value is -2.13. The predicted octanol–water partition coefficient (Wildman–Crippen LogP) is 2.06. The molecular weight excluding hydrogens is 388 g/mol. The van der Waals surface area contributed by atoms with Gasteiger partial charge in [0.1, 0.15) is 6.54 Å². The third-order valence-electron chi connectivity index (χ3n) is 3.75. The monoisotopic (exact) mass is 410 g/mol. The maximum atomic E-state index is 12.3. The maximum absolute atomic E-state index is 12.3. The summed E-state index contributed by atoms with van der Waals surface area (Å²) in [7, 11) is -3.39. The molecule has 1 aromatic rings. The number of ketones is 1. The number of anilines is 1. The molecule has 0 aromatic heterocycles. The van der Waals surface area contributed by atoms with Gasteiger partial charge in [0.15, 0.2) is 15.6 Å². The number of rotatable bonds is 5. The van der Waals surface area contributed by atoms with Crippen molar-refractivity contribution in [3.8, 4) is 0 Å². The number of hydrogen-bond acceptors (Lipinski definition) is 6. The van der Waals surface area contributed by atoms with Crippen LogP contribution in [-0.4, -0.2) is 49.5 Å². The molecule has 2 amide bonds. The van der Waals surface area contributed by atoms with Gasteiger partial charge in [0.25, 0.3) is 0 Å². The van der Waals surface area contributed by atoms with Crippen molar-refractivity contribution in [2.24, 2.45) is 5.41 Å². The summed E-state index contributed by atoms with van der Waals surface area (Å²) in [6.07, 6.45) is 2.48. The molecule has 2 rings (SSSR count). The lowest BCUT2D eigenvalue weighted by atomic mass is 9.91. The van der Waals surface area contributed by atoms with Gasteiger partial charge in [0.2, 0.25) is 11.8 Å². The van der Waals surface area contributed by atoms with Crippen LogP contribution in [0.1, 0.15) is 20.8 Å². The van der Waals surface area contributed by atoms with Crippen LogP contribution in [0.5, 0.6) is 0 Å². The van der Waals surface area contributed by atoms with Crippen LogP contribution in [0.4, 0.5) is 5.69 Å². The second kappa shape index (κ2) is 7.85. The van der Waals surface area contributed by atoms with E-state index in [1.807, 2.05) is 0 Å². The maximum Gasteiger partial charge on any atom is 0.244 e. The van der Waals surface area contributed by atoms with E-state index in [1.165, 1.54) is 40.9 Å². The van der Waals surface area contributed by atoms with Gasteiger partial charge in [-0.15, -0.1) is 0 Å². The van der Waals surface area contributed by atoms with Crippen LogP contribution in [0.25, 0.3) is 0 Å². The van der Waals surface area contributed by atoms with Gasteiger partial charge in [-0.25, -0.2) is 8.42 Å². The average Bonchev–Trinajstić information content (AvgIpc) is 2.86. The zero-order valence-corrected chi connectivity index (χ0v) is 17.2. The van der Waals surface area contributed by atoms with Crippen molar-refractivity contribution in [2.45, 2.75) is 25.7 Å². The fourth-order valence-corrected chi connectivity index (χ4v) is 3.78. The number of allylic oxidation sites excluding steroid dienone is 1. The summed E-state index contributed by atoms with van der Waals surface area (Å²) in [5, 5.41) is 3.03. The Labute approximate surface area is 163 Å². The van der Waals surface area contributed by atoms with Gasteiger partial charge < -0.3 is 5.32 Å². The molecular formula is C18H22N2O5S2. The highest BCUT2D eigenvalue weighted by atomic mass is 32.2. The van der Waals surface area contributed by atoms with E-state index < -0.39 is 21.2 Å². The molecule has 1 aromatic carbocycles. The minimum Gasteiger partial charge on any atom is -0.324 e. The van der Waals surface area contributed by atoms with E-state index in [1.54, 1.807) is 26.8 Å². The van der Waals surface area contributed by atoms with E-state index in [4.69, 9.17) is 0 Å². The Balaban J connectivity index is 2.13. The van der Waals surface area contributed by atoms with E-state index in [2.05, 4.69) is 5.32 Å². The Morgan fingerprint density at radius 1 is 1.30 bits per heavy atom. The lowest BCUT2D eigenvalue weighted by molar-refractivity contribution is -0.129. The molecule has 146 valence electrons. The SMILES string of the molecule is CC(C)(C)C(=O)/C=C1\SCC(=O)N1CC(=O)Nc1cccc(S(C)(=O)=O)c1. The van der Waals surface area contributed by atoms with Gasteiger partial charge in [0, 0.05) is 23.4 Å². The van der Waals surface area contributed by atoms with Crippen molar-refractivity contribution >= 4 is 44.9 Å². The predicted molar refractivity (Wildman–Crippen MR) is 105 cm³/mol. The van der Waals surface area contributed by atoms with Crippen molar-refractivity contribution in [1.82, 2.24) is 4.90 Å². The van der Waals surface area contributed by atoms with E-state index in [0.717, 1.165) is 6.26 Å². The first-order valence-corrected chi connectivity index (χ1v) is 11.0. The molecule has 1 saturated heterocycles. The third-order valence-corrected chi connectivity index (χ3v) is 5.89. The largest absolute Gasteiger partial charge is 0.324 e. The molecule has 0 atom stereocenters. The molecule has 0 bridgehead atoms. The summed E-state index contributed by atoms with van der Waals surface area (Å²) >= 11 is 1.21. The van der Waals surface area contributed by atoms with Gasteiger partial charge in [-0.05, 0) is 18.2 Å². The van der Waals surface area contributed by atoms with Crippen LogP contribution in [-0.2, 0) is 24.2 Å². The highest BCUT2D eigenvalue weighted by molar-refractivity contribution is 8.04. The second-order valence-corrected chi connectivity index (χ2v) is 10.2. The average molecular weight is 411 g/mol. The van der Waals surface area contributed by atoms with Crippen LogP contribution >= 0.6 is 11.8 Å². The molecule has 1 aliphatic rings. The molecule has 0 saturated carbocycles. The summed E-state index contributed by atoms with van der Waals surface area (Å²) < 4.78 is 23.2. The van der Waals surface area contributed by atoms with Crippen molar-refractivity contribution in [3.05, 3.63) is 35.4 Å². The zero-order chi connectivity index (χ0) is 20.4. The van der Waals surface area contributed by atoms with Crippen molar-refractivity contribution < 1.29 is 22.8 Å². The van der Waals surface area contributed by atoms with Crippen LogP contribution in [0.2, 0.25) is 0 Å². The number of carbonyl (C=O) groups is 3. The molecule has 1 aliphatic heterocycles.